The molecular formula is C50H54O13. The van der Waals surface area contributed by atoms with Crippen molar-refractivity contribution in [2.45, 2.75) is 101 Å². The van der Waals surface area contributed by atoms with Crippen molar-refractivity contribution in [1.29, 1.82) is 0 Å². The standard InChI is InChI=1S/C50H54O13/c1-32(51)59-40-21-15-37(16-22-40)49(53)62-44-30-57-47-45(31-58-46(44)47)63-50(54)38-17-23-41(24-18-38)60-48(52)36-11-9-34(10-12-36)35-13-19-39(20-14-35)56-27-7-5-3-2-4-6-26-55-29-33-8-25-42-43(28-33)61-42/h9-24,33,42-47H,2-8,25-31H2,1H3. The smallest absolute Gasteiger partial charge is 0.343 e. The van der Waals surface area contributed by atoms with Gasteiger partial charge in [0.2, 0.25) is 0 Å². The molecule has 7 atom stereocenters. The van der Waals surface area contributed by atoms with Gasteiger partial charge in [0.25, 0.3) is 0 Å². The predicted octanol–water partition coefficient (Wildman–Crippen LogP) is 8.35. The van der Waals surface area contributed by atoms with Crippen LogP contribution in [0.4, 0.5) is 0 Å². The average molecular weight is 863 g/mol. The molecule has 0 N–H and O–H groups in total. The predicted molar refractivity (Wildman–Crippen MR) is 229 cm³/mol. The monoisotopic (exact) mass is 862 g/mol. The molecule has 13 nitrogen and oxygen atoms in total. The lowest BCUT2D eigenvalue weighted by atomic mass is 9.90. The minimum atomic E-state index is -0.717. The fraction of sp³-hybridized carbons (Fsp3) is 0.440. The van der Waals surface area contributed by atoms with Gasteiger partial charge in [-0.3, -0.25) is 4.79 Å². The first-order valence-electron chi connectivity index (χ1n) is 22.1. The molecule has 3 aliphatic heterocycles. The molecule has 3 heterocycles. The molecule has 0 bridgehead atoms. The number of epoxide rings is 1. The average Bonchev–Trinajstić information content (AvgIpc) is 3.81. The molecule has 0 radical (unpaired) electrons. The van der Waals surface area contributed by atoms with Crippen LogP contribution in [0.2, 0.25) is 0 Å². The topological polar surface area (TPSA) is 155 Å². The van der Waals surface area contributed by atoms with Gasteiger partial charge < -0.3 is 42.6 Å². The van der Waals surface area contributed by atoms with E-state index in [1.54, 1.807) is 12.1 Å². The second kappa shape index (κ2) is 21.2. The highest BCUT2D eigenvalue weighted by molar-refractivity contribution is 5.92. The number of benzene rings is 4. The molecule has 13 heteroatoms. The summed E-state index contributed by atoms with van der Waals surface area (Å²) in [5.41, 5.74) is 2.85. The molecule has 63 heavy (non-hydrogen) atoms. The Bertz CT molecular complexity index is 2150. The Labute approximate surface area is 367 Å². The lowest BCUT2D eigenvalue weighted by Crippen LogP contribution is -2.36. The van der Waals surface area contributed by atoms with E-state index in [4.69, 9.17) is 42.6 Å². The molecule has 4 aliphatic rings. The summed E-state index contributed by atoms with van der Waals surface area (Å²) in [6, 6.07) is 27.2. The van der Waals surface area contributed by atoms with Crippen LogP contribution >= 0.6 is 0 Å². The van der Waals surface area contributed by atoms with E-state index in [1.165, 1.54) is 94.0 Å². The Hall–Kier alpha value is -5.60. The highest BCUT2D eigenvalue weighted by Crippen LogP contribution is 2.39. The number of carbonyl (C=O) groups is 4. The number of carbonyl (C=O) groups excluding carboxylic acids is 4. The molecule has 4 aromatic carbocycles. The summed E-state index contributed by atoms with van der Waals surface area (Å²) in [6.07, 6.45) is 9.04. The SMILES string of the molecule is CC(=O)Oc1ccc(C(=O)OC2COC3C(OC(=O)c4ccc(OC(=O)c5ccc(-c6ccc(OCCCCCCCCOCC7CCC8OC8C7)cc6)cc5)cc4)COC23)cc1. The van der Waals surface area contributed by atoms with Crippen LogP contribution in [0.3, 0.4) is 0 Å². The summed E-state index contributed by atoms with van der Waals surface area (Å²) in [4.78, 5) is 49.9. The highest BCUT2D eigenvalue weighted by atomic mass is 16.7. The molecule has 0 spiro atoms. The van der Waals surface area contributed by atoms with E-state index < -0.39 is 48.3 Å². The van der Waals surface area contributed by atoms with Crippen molar-refractivity contribution in [3.05, 3.63) is 114 Å². The lowest BCUT2D eigenvalue weighted by molar-refractivity contribution is -0.131. The van der Waals surface area contributed by atoms with Crippen LogP contribution in [0.15, 0.2) is 97.1 Å². The Morgan fingerprint density at radius 3 is 1.60 bits per heavy atom. The van der Waals surface area contributed by atoms with Crippen LogP contribution < -0.4 is 14.2 Å². The van der Waals surface area contributed by atoms with Gasteiger partial charge in [-0.25, -0.2) is 14.4 Å². The van der Waals surface area contributed by atoms with Crippen molar-refractivity contribution >= 4 is 23.9 Å². The second-order valence-corrected chi connectivity index (χ2v) is 16.6. The lowest BCUT2D eigenvalue weighted by Gasteiger charge is -2.18. The van der Waals surface area contributed by atoms with Crippen LogP contribution in [0.1, 0.15) is 95.8 Å². The van der Waals surface area contributed by atoms with E-state index in [-0.39, 0.29) is 30.1 Å². The van der Waals surface area contributed by atoms with Gasteiger partial charge in [-0.05, 0) is 122 Å². The summed E-state index contributed by atoms with van der Waals surface area (Å²) in [7, 11) is 0. The minimum Gasteiger partial charge on any atom is -0.494 e. The van der Waals surface area contributed by atoms with Gasteiger partial charge in [-0.15, -0.1) is 0 Å². The van der Waals surface area contributed by atoms with E-state index in [2.05, 4.69) is 0 Å². The van der Waals surface area contributed by atoms with Gasteiger partial charge >= 0.3 is 23.9 Å². The van der Waals surface area contributed by atoms with Crippen molar-refractivity contribution in [1.82, 2.24) is 0 Å². The number of fused-ring (bicyclic) bond motifs is 2. The molecule has 0 amide bonds. The molecule has 8 rings (SSSR count). The fourth-order valence-corrected chi connectivity index (χ4v) is 8.33. The summed E-state index contributed by atoms with van der Waals surface area (Å²) in [5.74, 6) is -0.103. The summed E-state index contributed by atoms with van der Waals surface area (Å²) in [5, 5.41) is 0. The summed E-state index contributed by atoms with van der Waals surface area (Å²) in [6.45, 7) is 3.87. The zero-order chi connectivity index (χ0) is 43.5. The number of unbranched alkanes of at least 4 members (excludes halogenated alkanes) is 5. The Morgan fingerprint density at radius 2 is 1.03 bits per heavy atom. The van der Waals surface area contributed by atoms with Crippen molar-refractivity contribution in [2.24, 2.45) is 5.92 Å². The van der Waals surface area contributed by atoms with Gasteiger partial charge in [0, 0.05) is 20.1 Å². The van der Waals surface area contributed by atoms with Gasteiger partial charge in [-0.2, -0.15) is 0 Å². The summed E-state index contributed by atoms with van der Waals surface area (Å²) < 4.78 is 51.1. The normalized spacial score (nSPS) is 23.2. The maximum atomic E-state index is 13.0. The summed E-state index contributed by atoms with van der Waals surface area (Å²) >= 11 is 0. The van der Waals surface area contributed by atoms with Crippen molar-refractivity contribution in [3.8, 4) is 28.4 Å². The Kier molecular flexibility index (Phi) is 14.8. The third-order valence-corrected chi connectivity index (χ3v) is 11.9. The molecule has 332 valence electrons. The number of hydrogen-bond donors (Lipinski definition) is 0. The van der Waals surface area contributed by atoms with Gasteiger partial charge in [0.1, 0.15) is 29.5 Å². The Balaban J connectivity index is 0.701. The first kappa shape index (κ1) is 44.0. The zero-order valence-electron chi connectivity index (χ0n) is 35.5. The zero-order valence-corrected chi connectivity index (χ0v) is 35.5. The van der Waals surface area contributed by atoms with E-state index in [1.807, 2.05) is 36.4 Å². The number of esters is 4. The largest absolute Gasteiger partial charge is 0.494 e. The molecule has 0 aromatic heterocycles. The van der Waals surface area contributed by atoms with Gasteiger partial charge in [0.15, 0.2) is 12.2 Å². The van der Waals surface area contributed by atoms with Crippen molar-refractivity contribution < 1.29 is 61.8 Å². The van der Waals surface area contributed by atoms with Crippen LogP contribution in [0.5, 0.6) is 17.2 Å². The molecule has 4 aromatic rings. The molecule has 4 fully saturated rings. The van der Waals surface area contributed by atoms with Gasteiger partial charge in [0.05, 0.1) is 48.7 Å². The van der Waals surface area contributed by atoms with Crippen LogP contribution in [0.25, 0.3) is 11.1 Å². The van der Waals surface area contributed by atoms with E-state index in [0.29, 0.717) is 36.0 Å². The maximum absolute atomic E-state index is 13.0. The molecule has 7 unspecified atom stereocenters. The van der Waals surface area contributed by atoms with Crippen LogP contribution in [-0.2, 0) is 33.2 Å². The third kappa shape index (κ3) is 12.1. The Morgan fingerprint density at radius 1 is 0.540 bits per heavy atom. The maximum Gasteiger partial charge on any atom is 0.343 e. The number of hydrogen-bond acceptors (Lipinski definition) is 13. The van der Waals surface area contributed by atoms with E-state index >= 15 is 0 Å². The minimum absolute atomic E-state index is 0.0660. The third-order valence-electron chi connectivity index (χ3n) is 11.9. The highest BCUT2D eigenvalue weighted by Gasteiger charge is 2.51. The first-order chi connectivity index (χ1) is 30.8. The molecule has 1 saturated carbocycles. The van der Waals surface area contributed by atoms with Crippen LogP contribution in [0, 0.1) is 5.92 Å². The van der Waals surface area contributed by atoms with Crippen molar-refractivity contribution in [2.75, 3.05) is 33.0 Å². The molecule has 3 saturated heterocycles. The van der Waals surface area contributed by atoms with E-state index in [9.17, 15) is 19.2 Å². The molecular weight excluding hydrogens is 809 g/mol. The van der Waals surface area contributed by atoms with Gasteiger partial charge in [-0.1, -0.05) is 49.9 Å². The van der Waals surface area contributed by atoms with Crippen LogP contribution in [-0.4, -0.2) is 93.5 Å². The number of rotatable bonds is 20. The second-order valence-electron chi connectivity index (χ2n) is 16.6. The molecule has 1 aliphatic carbocycles. The quantitative estimate of drug-likeness (QED) is 0.0362. The van der Waals surface area contributed by atoms with Crippen molar-refractivity contribution in [3.63, 3.8) is 0 Å². The first-order valence-corrected chi connectivity index (χ1v) is 22.1. The fourth-order valence-electron chi connectivity index (χ4n) is 8.33. The number of ether oxygens (including phenoxy) is 9. The van der Waals surface area contributed by atoms with E-state index in [0.717, 1.165) is 49.4 Å².